The number of thiocarbonyl (C=S) groups is 1. The van der Waals surface area contributed by atoms with Gasteiger partial charge in [-0.15, -0.1) is 0 Å². The zero-order chi connectivity index (χ0) is 17.8. The van der Waals surface area contributed by atoms with Gasteiger partial charge in [0.1, 0.15) is 16.7 Å². The first-order valence-corrected chi connectivity index (χ1v) is 9.33. The number of aryl methyl sites for hydroxylation is 1. The third-order valence-corrected chi connectivity index (χ3v) is 5.25. The molecular formula is C20H19NO2S2. The summed E-state index contributed by atoms with van der Waals surface area (Å²) in [5.41, 5.74) is 3.21. The van der Waals surface area contributed by atoms with Crippen LogP contribution < -0.4 is 4.74 Å². The van der Waals surface area contributed by atoms with Gasteiger partial charge >= 0.3 is 0 Å². The Morgan fingerprint density at radius 1 is 1.20 bits per heavy atom. The van der Waals surface area contributed by atoms with E-state index >= 15 is 0 Å². The molecule has 5 heteroatoms. The minimum atomic E-state index is -0.0361. The zero-order valence-corrected chi connectivity index (χ0v) is 15.8. The summed E-state index contributed by atoms with van der Waals surface area (Å²) >= 11 is 6.61. The normalized spacial score (nSPS) is 15.9. The molecule has 1 aliphatic rings. The Labute approximate surface area is 157 Å². The molecule has 0 saturated carbocycles. The van der Waals surface area contributed by atoms with Crippen LogP contribution in [0.25, 0.3) is 6.08 Å². The van der Waals surface area contributed by atoms with Crippen molar-refractivity contribution in [3.05, 3.63) is 70.1 Å². The van der Waals surface area contributed by atoms with Crippen molar-refractivity contribution in [1.29, 1.82) is 0 Å². The third kappa shape index (κ3) is 4.11. The van der Waals surface area contributed by atoms with Gasteiger partial charge in [-0.3, -0.25) is 9.69 Å². The van der Waals surface area contributed by atoms with Crippen molar-refractivity contribution in [3.8, 4) is 5.75 Å². The maximum atomic E-state index is 12.4. The Kier molecular flexibility index (Phi) is 5.56. The largest absolute Gasteiger partial charge is 0.488 e. The topological polar surface area (TPSA) is 29.5 Å². The molecule has 0 bridgehead atoms. The molecule has 0 radical (unpaired) electrons. The van der Waals surface area contributed by atoms with Crippen LogP contribution >= 0.6 is 24.0 Å². The van der Waals surface area contributed by atoms with Crippen LogP contribution in [-0.4, -0.2) is 21.7 Å². The molecule has 0 aromatic heterocycles. The average molecular weight is 370 g/mol. The minimum absolute atomic E-state index is 0.0361. The Morgan fingerprint density at radius 2 is 2.00 bits per heavy atom. The summed E-state index contributed by atoms with van der Waals surface area (Å²) in [6.45, 7) is 5.07. The van der Waals surface area contributed by atoms with E-state index < -0.39 is 0 Å². The number of nitrogens with zero attached hydrogens (tertiary/aromatic N) is 1. The van der Waals surface area contributed by atoms with Crippen molar-refractivity contribution in [3.63, 3.8) is 0 Å². The van der Waals surface area contributed by atoms with Crippen molar-refractivity contribution in [2.75, 3.05) is 6.54 Å². The molecule has 3 nitrogen and oxygen atoms in total. The highest BCUT2D eigenvalue weighted by molar-refractivity contribution is 8.26. The number of hydrogen-bond donors (Lipinski definition) is 0. The molecule has 2 aromatic carbocycles. The van der Waals surface area contributed by atoms with Gasteiger partial charge in [-0.2, -0.15) is 0 Å². The van der Waals surface area contributed by atoms with Crippen LogP contribution in [0.3, 0.4) is 0 Å². The first-order valence-electron chi connectivity index (χ1n) is 8.11. The van der Waals surface area contributed by atoms with E-state index in [4.69, 9.17) is 17.0 Å². The Morgan fingerprint density at radius 3 is 2.72 bits per heavy atom. The summed E-state index contributed by atoms with van der Waals surface area (Å²) < 4.78 is 6.60. The van der Waals surface area contributed by atoms with Crippen molar-refractivity contribution >= 4 is 40.3 Å². The fourth-order valence-electron chi connectivity index (χ4n) is 2.61. The van der Waals surface area contributed by atoms with Gasteiger partial charge in [-0.05, 0) is 31.6 Å². The molecule has 128 valence electrons. The molecule has 0 aliphatic carbocycles. The highest BCUT2D eigenvalue weighted by Crippen LogP contribution is 2.34. The molecule has 1 saturated heterocycles. The van der Waals surface area contributed by atoms with Crippen LogP contribution in [0.2, 0.25) is 0 Å². The maximum absolute atomic E-state index is 12.4. The summed E-state index contributed by atoms with van der Waals surface area (Å²) in [4.78, 5) is 14.6. The predicted octanol–water partition coefficient (Wildman–Crippen LogP) is 4.80. The van der Waals surface area contributed by atoms with E-state index in [0.29, 0.717) is 22.4 Å². The number of para-hydroxylation sites is 1. The second kappa shape index (κ2) is 7.85. The summed E-state index contributed by atoms with van der Waals surface area (Å²) in [6, 6.07) is 16.0. The Hall–Kier alpha value is -2.11. The predicted molar refractivity (Wildman–Crippen MR) is 108 cm³/mol. The highest BCUT2D eigenvalue weighted by Gasteiger charge is 2.30. The molecule has 0 atom stereocenters. The van der Waals surface area contributed by atoms with E-state index in [9.17, 15) is 4.79 Å². The highest BCUT2D eigenvalue weighted by atomic mass is 32.2. The molecule has 25 heavy (non-hydrogen) atoms. The van der Waals surface area contributed by atoms with Gasteiger partial charge in [0.2, 0.25) is 0 Å². The van der Waals surface area contributed by atoms with Crippen LogP contribution in [0.15, 0.2) is 53.4 Å². The first-order chi connectivity index (χ1) is 12.1. The molecular weight excluding hydrogens is 350 g/mol. The zero-order valence-electron chi connectivity index (χ0n) is 14.2. The van der Waals surface area contributed by atoms with Gasteiger partial charge < -0.3 is 4.74 Å². The molecule has 1 amide bonds. The number of likely N-dealkylation sites (N-methyl/N-ethyl adjacent to an activating group) is 1. The van der Waals surface area contributed by atoms with Crippen LogP contribution in [0, 0.1) is 6.92 Å². The van der Waals surface area contributed by atoms with Gasteiger partial charge in [0.05, 0.1) is 4.91 Å². The molecule has 2 aromatic rings. The number of amides is 1. The molecule has 0 spiro atoms. The second-order valence-corrected chi connectivity index (χ2v) is 7.42. The molecule has 0 unspecified atom stereocenters. The number of carbonyl (C=O) groups excluding carboxylic acids is 1. The van der Waals surface area contributed by atoms with E-state index in [0.717, 1.165) is 16.9 Å². The fourth-order valence-corrected chi connectivity index (χ4v) is 3.98. The number of benzene rings is 2. The Balaban J connectivity index is 1.81. The van der Waals surface area contributed by atoms with Gasteiger partial charge in [0.15, 0.2) is 0 Å². The first kappa shape index (κ1) is 17.7. The fraction of sp³-hybridized carbons (Fsp3) is 0.200. The van der Waals surface area contributed by atoms with Gasteiger partial charge in [0, 0.05) is 12.1 Å². The van der Waals surface area contributed by atoms with Crippen molar-refractivity contribution in [2.24, 2.45) is 0 Å². The van der Waals surface area contributed by atoms with E-state index in [-0.39, 0.29) is 5.91 Å². The number of ether oxygens (including phenoxy) is 1. The van der Waals surface area contributed by atoms with Crippen LogP contribution in [0.4, 0.5) is 0 Å². The lowest BCUT2D eigenvalue weighted by atomic mass is 10.1. The van der Waals surface area contributed by atoms with Gasteiger partial charge in [-0.1, -0.05) is 72.0 Å². The van der Waals surface area contributed by atoms with Gasteiger partial charge in [0.25, 0.3) is 5.91 Å². The van der Waals surface area contributed by atoms with Crippen LogP contribution in [-0.2, 0) is 11.4 Å². The maximum Gasteiger partial charge on any atom is 0.266 e. The molecule has 1 aliphatic heterocycles. The SMILES string of the molecule is CCN1C(=O)/C(=C\c2ccccc2OCc2cccc(C)c2)SC1=S. The van der Waals surface area contributed by atoms with Crippen molar-refractivity contribution in [2.45, 2.75) is 20.5 Å². The third-order valence-electron chi connectivity index (χ3n) is 3.87. The van der Waals surface area contributed by atoms with E-state index in [1.807, 2.05) is 49.4 Å². The Bertz CT molecular complexity index is 845. The number of thioether (sulfide) groups is 1. The summed E-state index contributed by atoms with van der Waals surface area (Å²) in [6.07, 6.45) is 1.86. The lowest BCUT2D eigenvalue weighted by molar-refractivity contribution is -0.121. The average Bonchev–Trinajstić information content (AvgIpc) is 2.87. The summed E-state index contributed by atoms with van der Waals surface area (Å²) in [5.74, 6) is 0.719. The van der Waals surface area contributed by atoms with E-state index in [1.165, 1.54) is 17.3 Å². The molecule has 3 rings (SSSR count). The number of rotatable bonds is 5. The van der Waals surface area contributed by atoms with Crippen LogP contribution in [0.1, 0.15) is 23.6 Å². The smallest absolute Gasteiger partial charge is 0.266 e. The lowest BCUT2D eigenvalue weighted by Crippen LogP contribution is -2.27. The second-order valence-electron chi connectivity index (χ2n) is 5.74. The minimum Gasteiger partial charge on any atom is -0.488 e. The monoisotopic (exact) mass is 369 g/mol. The summed E-state index contributed by atoms with van der Waals surface area (Å²) in [7, 11) is 0. The number of carbonyl (C=O) groups is 1. The van der Waals surface area contributed by atoms with E-state index in [1.54, 1.807) is 4.90 Å². The van der Waals surface area contributed by atoms with Crippen molar-refractivity contribution in [1.82, 2.24) is 4.90 Å². The molecule has 0 N–H and O–H groups in total. The van der Waals surface area contributed by atoms with Gasteiger partial charge in [-0.25, -0.2) is 0 Å². The van der Waals surface area contributed by atoms with E-state index in [2.05, 4.69) is 19.1 Å². The van der Waals surface area contributed by atoms with Crippen molar-refractivity contribution < 1.29 is 9.53 Å². The summed E-state index contributed by atoms with van der Waals surface area (Å²) in [5, 5.41) is 0. The van der Waals surface area contributed by atoms with Crippen LogP contribution in [0.5, 0.6) is 5.75 Å². The standard InChI is InChI=1S/C20H19NO2S2/c1-3-21-19(22)18(25-20(21)24)12-16-9-4-5-10-17(16)23-13-15-8-6-7-14(2)11-15/h4-12H,3,13H2,1-2H3/b18-12+. The quantitative estimate of drug-likeness (QED) is 0.559. The lowest BCUT2D eigenvalue weighted by Gasteiger charge is -2.11. The number of hydrogen-bond acceptors (Lipinski definition) is 4. The molecule has 1 heterocycles. The molecule has 1 fully saturated rings.